The van der Waals surface area contributed by atoms with Crippen LogP contribution < -0.4 is 9.47 Å². The number of ether oxygens (including phenoxy) is 2. The van der Waals surface area contributed by atoms with E-state index in [9.17, 15) is 0 Å². The lowest BCUT2D eigenvalue weighted by molar-refractivity contribution is 0.279. The third-order valence-electron chi connectivity index (χ3n) is 1.66. The maximum absolute atomic E-state index is 8.97. The Morgan fingerprint density at radius 3 is 3.07 bits per heavy atom. The van der Waals surface area contributed by atoms with Gasteiger partial charge in [-0.3, -0.25) is 0 Å². The van der Waals surface area contributed by atoms with E-state index in [0.717, 1.165) is 0 Å². The summed E-state index contributed by atoms with van der Waals surface area (Å²) in [5, 5.41) is 8.97. The molecule has 0 spiro atoms. The summed E-state index contributed by atoms with van der Waals surface area (Å²) in [5.41, 5.74) is 0.551. The van der Waals surface area contributed by atoms with Gasteiger partial charge in [0.25, 0.3) is 0 Å². The second kappa shape index (κ2) is 5.29. The van der Waals surface area contributed by atoms with Gasteiger partial charge in [-0.25, -0.2) is 0 Å². The smallest absolute Gasteiger partial charge is 0.161 e. The van der Waals surface area contributed by atoms with Crippen molar-refractivity contribution in [2.24, 2.45) is 0 Å². The van der Waals surface area contributed by atoms with Crippen molar-refractivity contribution in [1.82, 2.24) is 0 Å². The molecule has 0 aliphatic rings. The third-order valence-corrected chi connectivity index (χ3v) is 1.66. The van der Waals surface area contributed by atoms with E-state index in [1.165, 1.54) is 6.07 Å². The van der Waals surface area contributed by atoms with Crippen LogP contribution in [0.1, 0.15) is 9.68 Å². The predicted octanol–water partition coefficient (Wildman–Crippen LogP) is 1.75. The first-order valence-electron chi connectivity index (χ1n) is 5.63. The monoisotopic (exact) mass is 197 g/mol. The number of hydrogen-bond donors (Lipinski definition) is 1. The Bertz CT molecular complexity index is 388. The molecule has 0 fully saturated rings. The van der Waals surface area contributed by atoms with Gasteiger partial charge in [0.05, 0.1) is 17.8 Å². The van der Waals surface area contributed by atoms with Gasteiger partial charge < -0.3 is 14.6 Å². The number of rotatable bonds is 5. The van der Waals surface area contributed by atoms with E-state index >= 15 is 0 Å². The molecular weight excluding hydrogens is 180 g/mol. The van der Waals surface area contributed by atoms with Crippen LogP contribution in [0.5, 0.6) is 11.5 Å². The predicted molar refractivity (Wildman–Crippen MR) is 54.6 cm³/mol. The van der Waals surface area contributed by atoms with E-state index in [4.69, 9.17) is 18.7 Å². The van der Waals surface area contributed by atoms with Crippen molar-refractivity contribution >= 4 is 0 Å². The number of methoxy groups -OCH3 is 1. The summed E-state index contributed by atoms with van der Waals surface area (Å²) in [5.74, 6) is 0.386. The van der Waals surface area contributed by atoms with Crippen LogP contribution in [0.15, 0.2) is 30.9 Å². The summed E-state index contributed by atoms with van der Waals surface area (Å²) in [7, 11) is -2.56. The summed E-state index contributed by atoms with van der Waals surface area (Å²) < 4.78 is 31.2. The molecule has 1 rings (SSSR count). The van der Waals surface area contributed by atoms with Crippen molar-refractivity contribution in [2.45, 2.75) is 6.61 Å². The molecule has 14 heavy (non-hydrogen) atoms. The zero-order chi connectivity index (χ0) is 12.9. The number of aliphatic hydroxyl groups excluding tert-OH is 1. The van der Waals surface area contributed by atoms with Gasteiger partial charge in [0.1, 0.15) is 6.61 Å². The van der Waals surface area contributed by atoms with E-state index in [1.54, 1.807) is 18.2 Å². The van der Waals surface area contributed by atoms with Crippen molar-refractivity contribution in [3.05, 3.63) is 36.4 Å². The number of benzene rings is 1. The lowest BCUT2D eigenvalue weighted by atomic mass is 10.2. The molecule has 0 unspecified atom stereocenters. The van der Waals surface area contributed by atoms with Gasteiger partial charge >= 0.3 is 0 Å². The molecule has 0 atom stereocenters. The molecule has 0 radical (unpaired) electrons. The average molecular weight is 197 g/mol. The maximum Gasteiger partial charge on any atom is 0.161 e. The minimum atomic E-state index is -2.56. The van der Waals surface area contributed by atoms with Gasteiger partial charge in [0.2, 0.25) is 0 Å². The van der Waals surface area contributed by atoms with Crippen LogP contribution in [0.2, 0.25) is 0 Å². The number of aliphatic hydroxyl groups is 1. The van der Waals surface area contributed by atoms with Gasteiger partial charge in [-0.05, 0) is 17.7 Å². The Balaban J connectivity index is 2.98. The summed E-state index contributed by atoms with van der Waals surface area (Å²) >= 11 is 0. The Labute approximate surface area is 87.8 Å². The first-order chi connectivity index (χ1) is 7.96. The van der Waals surface area contributed by atoms with Crippen LogP contribution in [0.3, 0.4) is 0 Å². The Kier molecular flexibility index (Phi) is 2.61. The van der Waals surface area contributed by atoms with Gasteiger partial charge in [0.15, 0.2) is 11.5 Å². The summed E-state index contributed by atoms with van der Waals surface area (Å²) in [6, 6.07) is 4.62. The van der Waals surface area contributed by atoms with Crippen LogP contribution in [-0.2, 0) is 6.61 Å². The third kappa shape index (κ3) is 2.50. The molecule has 1 aromatic carbocycles. The molecule has 0 aromatic heterocycles. The van der Waals surface area contributed by atoms with Crippen LogP contribution in [0.25, 0.3) is 0 Å². The average Bonchev–Trinajstić information content (AvgIpc) is 2.25. The van der Waals surface area contributed by atoms with Crippen LogP contribution in [0.4, 0.5) is 0 Å². The minimum Gasteiger partial charge on any atom is -0.493 e. The standard InChI is InChI=1S/C11H14O3/c1-3-6-14-10-5-4-9(8-12)7-11(10)13-2/h3-5,7,12H,1,6,8H2,2H3/i2D3. The fourth-order valence-corrected chi connectivity index (χ4v) is 0.999. The Morgan fingerprint density at radius 2 is 2.43 bits per heavy atom. The van der Waals surface area contributed by atoms with Gasteiger partial charge in [0, 0.05) is 0 Å². The van der Waals surface area contributed by atoms with E-state index in [-0.39, 0.29) is 19.0 Å². The molecule has 0 heterocycles. The molecule has 1 aromatic rings. The highest BCUT2D eigenvalue weighted by atomic mass is 16.5. The second-order valence-electron chi connectivity index (χ2n) is 2.64. The van der Waals surface area contributed by atoms with E-state index in [0.29, 0.717) is 11.3 Å². The fourth-order valence-electron chi connectivity index (χ4n) is 0.999. The normalized spacial score (nSPS) is 13.6. The largest absolute Gasteiger partial charge is 0.493 e. The zero-order valence-corrected chi connectivity index (χ0v) is 7.69. The van der Waals surface area contributed by atoms with Crippen molar-refractivity contribution in [2.75, 3.05) is 13.6 Å². The fraction of sp³-hybridized carbons (Fsp3) is 0.273. The highest BCUT2D eigenvalue weighted by molar-refractivity contribution is 5.42. The molecule has 1 N–H and O–H groups in total. The van der Waals surface area contributed by atoms with E-state index in [1.807, 2.05) is 0 Å². The SMILES string of the molecule is [2H]C([2H])([2H])Oc1cc(CO)ccc1OCC=C. The molecule has 0 aliphatic carbocycles. The molecule has 3 heteroatoms. The summed E-state index contributed by atoms with van der Waals surface area (Å²) in [6.07, 6.45) is 1.54. The lowest BCUT2D eigenvalue weighted by Crippen LogP contribution is -1.97. The summed E-state index contributed by atoms with van der Waals surface area (Å²) in [4.78, 5) is 0. The van der Waals surface area contributed by atoms with Crippen molar-refractivity contribution < 1.29 is 18.7 Å². The molecule has 0 amide bonds. The minimum absolute atomic E-state index is 0.0819. The second-order valence-corrected chi connectivity index (χ2v) is 2.64. The van der Waals surface area contributed by atoms with Gasteiger partial charge in [-0.1, -0.05) is 18.7 Å². The molecule has 0 bridgehead atoms. The van der Waals surface area contributed by atoms with Crippen molar-refractivity contribution in [3.63, 3.8) is 0 Å². The van der Waals surface area contributed by atoms with Crippen molar-refractivity contribution in [1.29, 1.82) is 0 Å². The van der Waals surface area contributed by atoms with E-state index < -0.39 is 7.04 Å². The first kappa shape index (κ1) is 6.90. The zero-order valence-electron chi connectivity index (χ0n) is 10.7. The Hall–Kier alpha value is -1.48. The topological polar surface area (TPSA) is 38.7 Å². The van der Waals surface area contributed by atoms with Crippen LogP contribution in [-0.4, -0.2) is 18.8 Å². The molecular formula is C11H14O3. The number of hydrogen-bond acceptors (Lipinski definition) is 3. The highest BCUT2D eigenvalue weighted by Crippen LogP contribution is 2.27. The first-order valence-corrected chi connectivity index (χ1v) is 4.13. The summed E-state index contributed by atoms with van der Waals surface area (Å²) in [6.45, 7) is 3.55. The molecule has 0 saturated heterocycles. The van der Waals surface area contributed by atoms with Gasteiger partial charge in [-0.15, -0.1) is 0 Å². The maximum atomic E-state index is 8.97. The Morgan fingerprint density at radius 1 is 1.57 bits per heavy atom. The molecule has 0 aliphatic heterocycles. The van der Waals surface area contributed by atoms with Gasteiger partial charge in [-0.2, -0.15) is 0 Å². The van der Waals surface area contributed by atoms with E-state index in [2.05, 4.69) is 6.58 Å². The lowest BCUT2D eigenvalue weighted by Gasteiger charge is -2.09. The highest BCUT2D eigenvalue weighted by Gasteiger charge is 2.04. The van der Waals surface area contributed by atoms with Crippen LogP contribution in [0, 0.1) is 0 Å². The quantitative estimate of drug-likeness (QED) is 0.731. The van der Waals surface area contributed by atoms with Crippen LogP contribution >= 0.6 is 0 Å². The molecule has 3 nitrogen and oxygen atoms in total. The van der Waals surface area contributed by atoms with Crippen molar-refractivity contribution in [3.8, 4) is 11.5 Å². The molecule has 0 saturated carbocycles. The molecule has 76 valence electrons.